The molecule has 0 atom stereocenters. The lowest BCUT2D eigenvalue weighted by Gasteiger charge is -2.41. The average Bonchev–Trinajstić information content (AvgIpc) is 1.62. The van der Waals surface area contributed by atoms with Crippen LogP contribution in [0.2, 0.25) is 0 Å². The molecule has 3 aromatic heterocycles. The molecule has 20 rings (SSSR count). The van der Waals surface area contributed by atoms with Crippen LogP contribution in [-0.2, 0) is 10.8 Å². The van der Waals surface area contributed by atoms with Gasteiger partial charge in [0.1, 0.15) is 0 Å². The second-order valence-electron chi connectivity index (χ2n) is 29.1. The molecule has 0 aliphatic carbocycles. The van der Waals surface area contributed by atoms with Gasteiger partial charge in [-0.2, -0.15) is 0 Å². The molecule has 0 amide bonds. The summed E-state index contributed by atoms with van der Waals surface area (Å²) in [5.41, 5.74) is 27.4. The summed E-state index contributed by atoms with van der Waals surface area (Å²) in [5.74, 6) is 0. The summed E-state index contributed by atoms with van der Waals surface area (Å²) >= 11 is 0. The monoisotopic (exact) mass is 1240 g/mol. The Labute approximate surface area is 564 Å². The molecular weight excluding hydrogens is 1170 g/mol. The molecule has 0 bridgehead atoms. The Bertz CT molecular complexity index is 6160. The minimum atomic E-state index is -0.168. The van der Waals surface area contributed by atoms with Gasteiger partial charge >= 0.3 is 0 Å². The number of hydrogen-bond donors (Lipinski definition) is 0. The quantitative estimate of drug-likeness (QED) is 0.120. The number of para-hydroxylation sites is 4. The average molecular weight is 1240 g/mol. The highest BCUT2D eigenvalue weighted by molar-refractivity contribution is 7.00. The lowest BCUT2D eigenvalue weighted by molar-refractivity contribution is 0.590. The predicted octanol–water partition coefficient (Wildman–Crippen LogP) is 22.6. The van der Waals surface area contributed by atoms with Crippen LogP contribution in [0.4, 0.5) is 17.1 Å². The second-order valence-corrected chi connectivity index (χ2v) is 29.1. The van der Waals surface area contributed by atoms with Crippen molar-refractivity contribution in [3.8, 4) is 50.4 Å². The summed E-state index contributed by atoms with van der Waals surface area (Å²) in [6.07, 6.45) is 0. The van der Waals surface area contributed by atoms with Crippen molar-refractivity contribution in [1.29, 1.82) is 0 Å². The van der Waals surface area contributed by atoms with E-state index in [1.807, 2.05) is 0 Å². The molecule has 0 saturated heterocycles. The van der Waals surface area contributed by atoms with E-state index in [0.29, 0.717) is 0 Å². The minimum Gasteiger partial charge on any atom is -0.311 e. The lowest BCUT2D eigenvalue weighted by atomic mass is 9.33. The standard InChI is InChI=1S/C92H67BN4/c1-91(2,3)59-44-47-61(48-45-59)94-81-50-46-60(92(4,5)6)54-74(81)93-75-55-72-66-31-13-12-29-64(66)65-30-14-15-36-71(65)87(72)88-73-51-57(63-28-11-10-27-62(63)56-25-8-7-9-26-56)43-49-80(73)97(90(75)88)85-53-58(52-84(94)89(85)93)86-82(95-76-37-20-16-32-67(76)68-33-17-21-38-77(68)95)41-24-42-83(86)96-78-39-22-18-34-69(78)70-35-19-23-40-79(70)96/h7-55H,1-6H3. The van der Waals surface area contributed by atoms with Crippen LogP contribution in [0.1, 0.15) is 52.7 Å². The molecule has 0 saturated carbocycles. The zero-order valence-corrected chi connectivity index (χ0v) is 55.2. The van der Waals surface area contributed by atoms with Crippen molar-refractivity contribution in [1.82, 2.24) is 13.7 Å². The number of rotatable bonds is 6. The smallest absolute Gasteiger partial charge is 0.252 e. The SMILES string of the molecule is CC(C)(C)c1ccc(N2c3ccc(C(C)(C)C)cc3B3c4c2cc(-c2c(-n5c6ccccc6c6ccccc65)cccc2-n2c5ccccc5c5ccccc52)cc4-n2c4ccc(-c5ccccc5-c5ccccc5)cc4c4c5c6ccccc6c6ccccc6c5cc3c42)cc1. The van der Waals surface area contributed by atoms with E-state index in [2.05, 4.69) is 357 Å². The Morgan fingerprint density at radius 3 is 1.32 bits per heavy atom. The zero-order chi connectivity index (χ0) is 64.7. The van der Waals surface area contributed by atoms with E-state index in [4.69, 9.17) is 0 Å². The number of nitrogens with zero attached hydrogens (tertiary/aromatic N) is 4. The van der Waals surface area contributed by atoms with E-state index in [0.717, 1.165) is 50.3 Å². The molecule has 5 heterocycles. The Balaban J connectivity index is 1.00. The van der Waals surface area contributed by atoms with Crippen LogP contribution < -0.4 is 21.3 Å². The number of benzene rings is 15. The first-order valence-electron chi connectivity index (χ1n) is 34.3. The maximum atomic E-state index is 2.72. The third-order valence-electron chi connectivity index (χ3n) is 21.7. The van der Waals surface area contributed by atoms with Crippen molar-refractivity contribution in [2.75, 3.05) is 4.90 Å². The van der Waals surface area contributed by atoms with Gasteiger partial charge in [-0.1, -0.05) is 260 Å². The lowest BCUT2D eigenvalue weighted by Crippen LogP contribution is -2.60. The molecule has 4 nitrogen and oxygen atoms in total. The van der Waals surface area contributed by atoms with Crippen molar-refractivity contribution in [2.45, 2.75) is 52.4 Å². The molecule has 458 valence electrons. The normalized spacial score (nSPS) is 13.0. The Hall–Kier alpha value is -11.7. The zero-order valence-electron chi connectivity index (χ0n) is 55.2. The van der Waals surface area contributed by atoms with E-state index in [-0.39, 0.29) is 17.5 Å². The molecule has 2 aliphatic rings. The predicted molar refractivity (Wildman–Crippen MR) is 415 cm³/mol. The summed E-state index contributed by atoms with van der Waals surface area (Å²) in [5, 5.41) is 15.0. The van der Waals surface area contributed by atoms with E-state index in [9.17, 15) is 0 Å². The van der Waals surface area contributed by atoms with Crippen molar-refractivity contribution >= 4 is 138 Å². The van der Waals surface area contributed by atoms with E-state index in [1.54, 1.807) is 0 Å². The van der Waals surface area contributed by atoms with Crippen LogP contribution in [0.5, 0.6) is 0 Å². The van der Waals surface area contributed by atoms with E-state index in [1.165, 1.54) is 142 Å². The molecule has 0 N–H and O–H groups in total. The third kappa shape index (κ3) is 8.00. The Morgan fingerprint density at radius 2 is 0.742 bits per heavy atom. The highest BCUT2D eigenvalue weighted by Gasteiger charge is 2.44. The van der Waals surface area contributed by atoms with Crippen molar-refractivity contribution < 1.29 is 0 Å². The summed E-state index contributed by atoms with van der Waals surface area (Å²) < 4.78 is 7.82. The molecule has 2 aliphatic heterocycles. The van der Waals surface area contributed by atoms with Gasteiger partial charge in [-0.25, -0.2) is 0 Å². The fourth-order valence-electron chi connectivity index (χ4n) is 17.3. The maximum absolute atomic E-state index is 2.72. The molecule has 5 heteroatoms. The van der Waals surface area contributed by atoms with Gasteiger partial charge in [0, 0.05) is 66.0 Å². The number of hydrogen-bond acceptors (Lipinski definition) is 1. The summed E-state index contributed by atoms with van der Waals surface area (Å²) in [6.45, 7) is 13.9. The second kappa shape index (κ2) is 20.4. The molecule has 15 aromatic carbocycles. The molecule has 18 aromatic rings. The summed E-state index contributed by atoms with van der Waals surface area (Å²) in [6, 6.07) is 113. The van der Waals surface area contributed by atoms with Gasteiger partial charge in [0.2, 0.25) is 0 Å². The van der Waals surface area contributed by atoms with Crippen LogP contribution in [0, 0.1) is 0 Å². The minimum absolute atomic E-state index is 0.0455. The van der Waals surface area contributed by atoms with Crippen LogP contribution in [0.25, 0.3) is 148 Å². The summed E-state index contributed by atoms with van der Waals surface area (Å²) in [4.78, 5) is 2.63. The van der Waals surface area contributed by atoms with Crippen LogP contribution in [0.15, 0.2) is 297 Å². The van der Waals surface area contributed by atoms with Crippen LogP contribution in [-0.4, -0.2) is 20.4 Å². The van der Waals surface area contributed by atoms with Crippen molar-refractivity contribution in [2.24, 2.45) is 0 Å². The van der Waals surface area contributed by atoms with Crippen LogP contribution in [0.3, 0.4) is 0 Å². The first kappa shape index (κ1) is 55.8. The van der Waals surface area contributed by atoms with Gasteiger partial charge in [-0.3, -0.25) is 0 Å². The van der Waals surface area contributed by atoms with Gasteiger partial charge in [0.15, 0.2) is 0 Å². The van der Waals surface area contributed by atoms with Crippen molar-refractivity contribution in [3.05, 3.63) is 308 Å². The molecule has 0 fully saturated rings. The third-order valence-corrected chi connectivity index (χ3v) is 21.7. The molecule has 0 unspecified atom stereocenters. The van der Waals surface area contributed by atoms with Gasteiger partial charge in [0.25, 0.3) is 6.71 Å². The van der Waals surface area contributed by atoms with E-state index >= 15 is 0 Å². The maximum Gasteiger partial charge on any atom is 0.252 e. The molecule has 0 spiro atoms. The topological polar surface area (TPSA) is 18.0 Å². The number of fused-ring (bicyclic) bond motifs is 20. The highest BCUT2D eigenvalue weighted by Crippen LogP contribution is 2.51. The van der Waals surface area contributed by atoms with Gasteiger partial charge in [-0.15, -0.1) is 0 Å². The summed E-state index contributed by atoms with van der Waals surface area (Å²) in [7, 11) is 0. The van der Waals surface area contributed by atoms with Gasteiger partial charge < -0.3 is 18.6 Å². The van der Waals surface area contributed by atoms with Gasteiger partial charge in [0.05, 0.1) is 44.5 Å². The fourth-order valence-corrected chi connectivity index (χ4v) is 17.3. The molecule has 97 heavy (non-hydrogen) atoms. The first-order chi connectivity index (χ1) is 47.4. The molecule has 0 radical (unpaired) electrons. The number of aromatic nitrogens is 3. The largest absolute Gasteiger partial charge is 0.311 e. The first-order valence-corrected chi connectivity index (χ1v) is 34.3. The van der Waals surface area contributed by atoms with Crippen LogP contribution >= 0.6 is 0 Å². The Morgan fingerprint density at radius 1 is 0.268 bits per heavy atom. The van der Waals surface area contributed by atoms with E-state index < -0.39 is 0 Å². The Kier molecular flexibility index (Phi) is 11.7. The number of anilines is 3. The fraction of sp³-hybridized carbons (Fsp3) is 0.0870. The highest BCUT2D eigenvalue weighted by atomic mass is 15.2. The van der Waals surface area contributed by atoms with Gasteiger partial charge in [-0.05, 0) is 172 Å². The van der Waals surface area contributed by atoms with Crippen molar-refractivity contribution in [3.63, 3.8) is 0 Å². The molecular formula is C92H67BN4.